The van der Waals surface area contributed by atoms with Crippen LogP contribution in [0.3, 0.4) is 0 Å². The Morgan fingerprint density at radius 3 is 2.59 bits per heavy atom. The molecule has 0 heterocycles. The van der Waals surface area contributed by atoms with Crippen LogP contribution in [0.5, 0.6) is 0 Å². The first-order valence-electron chi connectivity index (χ1n) is 6.33. The van der Waals surface area contributed by atoms with Crippen LogP contribution < -0.4 is 0 Å². The van der Waals surface area contributed by atoms with Gasteiger partial charge in [0.25, 0.3) is 0 Å². The minimum Gasteiger partial charge on any atom is -0.418 e. The first-order valence-corrected chi connectivity index (χ1v) is 9.44. The van der Waals surface area contributed by atoms with Gasteiger partial charge in [-0.1, -0.05) is 30.3 Å². The fraction of sp³-hybridized carbons (Fsp3) is 0.500. The fourth-order valence-corrected chi connectivity index (χ4v) is 3.70. The summed E-state index contributed by atoms with van der Waals surface area (Å²) in [4.78, 5) is 4.45. The molecule has 17 heavy (non-hydrogen) atoms. The summed E-state index contributed by atoms with van der Waals surface area (Å²) in [5.74, 6) is 0. The van der Waals surface area contributed by atoms with Crippen molar-refractivity contribution in [2.45, 2.75) is 32.5 Å². The Bertz CT molecular complexity index is 335. The van der Waals surface area contributed by atoms with Crippen LogP contribution in [-0.2, 0) is 4.43 Å². The Kier molecular flexibility index (Phi) is 6.15. The molecule has 0 radical (unpaired) electrons. The van der Waals surface area contributed by atoms with Crippen LogP contribution in [-0.4, -0.2) is 27.7 Å². The minimum absolute atomic E-state index is 0.840. The lowest BCUT2D eigenvalue weighted by molar-refractivity contribution is 0.328. The van der Waals surface area contributed by atoms with Gasteiger partial charge in [-0.05, 0) is 38.0 Å². The molecule has 0 spiro atoms. The molecule has 0 fully saturated rings. The van der Waals surface area contributed by atoms with Crippen LogP contribution in [0.2, 0.25) is 19.1 Å². The van der Waals surface area contributed by atoms with Gasteiger partial charge in [-0.2, -0.15) is 0 Å². The first-order chi connectivity index (χ1) is 8.14. The number of aliphatic imine (C=N–C) groups is 1. The van der Waals surface area contributed by atoms with E-state index in [9.17, 15) is 0 Å². The van der Waals surface area contributed by atoms with E-state index in [2.05, 4.69) is 37.1 Å². The molecule has 94 valence electrons. The van der Waals surface area contributed by atoms with Crippen LogP contribution in [0.1, 0.15) is 18.9 Å². The third kappa shape index (κ3) is 6.39. The predicted octanol–water partition coefficient (Wildman–Crippen LogP) is 3.74. The summed E-state index contributed by atoms with van der Waals surface area (Å²) in [5.41, 5.74) is 1.17. The van der Waals surface area contributed by atoms with Crippen LogP contribution in [0.4, 0.5) is 0 Å². The van der Waals surface area contributed by atoms with Gasteiger partial charge in [-0.3, -0.25) is 4.99 Å². The minimum atomic E-state index is -1.41. The zero-order valence-electron chi connectivity index (χ0n) is 11.1. The highest BCUT2D eigenvalue weighted by Crippen LogP contribution is 2.13. The van der Waals surface area contributed by atoms with E-state index >= 15 is 0 Å². The second-order valence-electron chi connectivity index (χ2n) is 4.74. The third-order valence-corrected chi connectivity index (χ3v) is 5.27. The van der Waals surface area contributed by atoms with Crippen molar-refractivity contribution in [2.24, 2.45) is 4.99 Å². The van der Waals surface area contributed by atoms with Crippen molar-refractivity contribution >= 4 is 14.5 Å². The molecule has 0 unspecified atom stereocenters. The number of rotatable bonds is 7. The molecular formula is C14H23NOSi. The molecule has 1 aromatic carbocycles. The normalized spacial score (nSPS) is 12.2. The van der Waals surface area contributed by atoms with Gasteiger partial charge < -0.3 is 4.43 Å². The molecule has 0 aliphatic carbocycles. The summed E-state index contributed by atoms with van der Waals surface area (Å²) in [5, 5.41) is 0. The maximum Gasteiger partial charge on any atom is 0.186 e. The van der Waals surface area contributed by atoms with Crippen LogP contribution in [0, 0.1) is 0 Å². The molecule has 0 saturated heterocycles. The van der Waals surface area contributed by atoms with Gasteiger partial charge in [0.1, 0.15) is 0 Å². The molecule has 1 aromatic rings. The van der Waals surface area contributed by atoms with E-state index in [-0.39, 0.29) is 0 Å². The molecule has 0 saturated carbocycles. The predicted molar refractivity (Wildman–Crippen MR) is 77.4 cm³/mol. The Hall–Kier alpha value is -0.933. The average Bonchev–Trinajstić information content (AvgIpc) is 2.30. The van der Waals surface area contributed by atoms with Crippen molar-refractivity contribution in [3.63, 3.8) is 0 Å². The van der Waals surface area contributed by atoms with Crippen molar-refractivity contribution in [2.75, 3.05) is 13.2 Å². The van der Waals surface area contributed by atoms with Crippen LogP contribution >= 0.6 is 0 Å². The second kappa shape index (κ2) is 7.40. The summed E-state index contributed by atoms with van der Waals surface area (Å²) >= 11 is 0. The highest BCUT2D eigenvalue weighted by Gasteiger charge is 2.20. The molecule has 3 heteroatoms. The van der Waals surface area contributed by atoms with Crippen LogP contribution in [0.25, 0.3) is 0 Å². The summed E-state index contributed by atoms with van der Waals surface area (Å²) in [6.45, 7) is 8.36. The summed E-state index contributed by atoms with van der Waals surface area (Å²) < 4.78 is 5.78. The van der Waals surface area contributed by atoms with Gasteiger partial charge in [0, 0.05) is 19.4 Å². The molecule has 0 aromatic heterocycles. The topological polar surface area (TPSA) is 21.6 Å². The van der Waals surface area contributed by atoms with Gasteiger partial charge in [-0.25, -0.2) is 0 Å². The lowest BCUT2D eigenvalue weighted by Gasteiger charge is -2.21. The quantitative estimate of drug-likeness (QED) is 0.410. The van der Waals surface area contributed by atoms with Crippen molar-refractivity contribution in [1.82, 2.24) is 0 Å². The number of benzene rings is 1. The van der Waals surface area contributed by atoms with E-state index in [1.54, 1.807) is 0 Å². The van der Waals surface area contributed by atoms with Crippen LogP contribution in [0.15, 0.2) is 35.3 Å². The maximum atomic E-state index is 5.78. The van der Waals surface area contributed by atoms with Gasteiger partial charge >= 0.3 is 0 Å². The Labute approximate surface area is 106 Å². The maximum absolute atomic E-state index is 5.78. The standard InChI is InChI=1S/C14H23NOSi/c1-4-16-17(2,3)12-8-11-15-13-14-9-6-5-7-10-14/h5-7,9-10,13H,4,8,11-12H2,1-3H3/b15-13+. The van der Waals surface area contributed by atoms with Gasteiger partial charge in [0.05, 0.1) is 0 Å². The molecule has 0 N–H and O–H groups in total. The lowest BCUT2D eigenvalue weighted by atomic mass is 10.2. The zero-order chi connectivity index (χ0) is 12.6. The molecule has 0 bridgehead atoms. The smallest absolute Gasteiger partial charge is 0.186 e. The highest BCUT2D eigenvalue weighted by molar-refractivity contribution is 6.71. The molecule has 0 aliphatic heterocycles. The lowest BCUT2D eigenvalue weighted by Crippen LogP contribution is -2.30. The van der Waals surface area contributed by atoms with Crippen molar-refractivity contribution in [1.29, 1.82) is 0 Å². The molecule has 0 amide bonds. The molecular weight excluding hydrogens is 226 g/mol. The van der Waals surface area contributed by atoms with E-state index in [0.717, 1.165) is 19.6 Å². The monoisotopic (exact) mass is 249 g/mol. The van der Waals surface area contributed by atoms with E-state index < -0.39 is 8.32 Å². The summed E-state index contributed by atoms with van der Waals surface area (Å²) in [6.07, 6.45) is 3.08. The number of hydrogen-bond donors (Lipinski definition) is 0. The molecule has 0 aliphatic rings. The van der Waals surface area contributed by atoms with Crippen molar-refractivity contribution in [3.8, 4) is 0 Å². The Balaban J connectivity index is 2.22. The van der Waals surface area contributed by atoms with Gasteiger partial charge in [0.2, 0.25) is 0 Å². The zero-order valence-corrected chi connectivity index (χ0v) is 12.1. The van der Waals surface area contributed by atoms with Crippen molar-refractivity contribution < 1.29 is 4.43 Å². The largest absolute Gasteiger partial charge is 0.418 e. The van der Waals surface area contributed by atoms with E-state index in [4.69, 9.17) is 4.43 Å². The average molecular weight is 249 g/mol. The Morgan fingerprint density at radius 2 is 1.94 bits per heavy atom. The van der Waals surface area contributed by atoms with E-state index in [1.165, 1.54) is 11.6 Å². The molecule has 0 atom stereocenters. The van der Waals surface area contributed by atoms with E-state index in [0.29, 0.717) is 0 Å². The molecule has 2 nitrogen and oxygen atoms in total. The van der Waals surface area contributed by atoms with E-state index in [1.807, 2.05) is 24.4 Å². The Morgan fingerprint density at radius 1 is 1.24 bits per heavy atom. The third-order valence-electron chi connectivity index (χ3n) is 2.64. The van der Waals surface area contributed by atoms with Crippen molar-refractivity contribution in [3.05, 3.63) is 35.9 Å². The highest BCUT2D eigenvalue weighted by atomic mass is 28.4. The first kappa shape index (κ1) is 14.1. The van der Waals surface area contributed by atoms with Gasteiger partial charge in [0.15, 0.2) is 8.32 Å². The van der Waals surface area contributed by atoms with Gasteiger partial charge in [-0.15, -0.1) is 0 Å². The second-order valence-corrected chi connectivity index (χ2v) is 9.05. The number of hydrogen-bond acceptors (Lipinski definition) is 2. The fourth-order valence-electron chi connectivity index (χ4n) is 1.77. The number of nitrogens with zero attached hydrogens (tertiary/aromatic N) is 1. The summed E-state index contributed by atoms with van der Waals surface area (Å²) in [7, 11) is -1.41. The molecule has 1 rings (SSSR count). The summed E-state index contributed by atoms with van der Waals surface area (Å²) in [6, 6.07) is 11.4. The SMILES string of the molecule is CCO[Si](C)(C)CCC/N=C/c1ccccc1.